The highest BCUT2D eigenvalue weighted by molar-refractivity contribution is 6.01. The number of ether oxygens (including phenoxy) is 2. The number of methoxy groups -OCH3 is 1. The fourth-order valence-electron chi connectivity index (χ4n) is 5.40. The molecule has 0 spiro atoms. The van der Waals surface area contributed by atoms with Crippen LogP contribution in [0.4, 0.5) is 14.6 Å². The van der Waals surface area contributed by atoms with Crippen LogP contribution in [0.15, 0.2) is 30.5 Å². The fourth-order valence-corrected chi connectivity index (χ4v) is 5.40. The van der Waals surface area contributed by atoms with Gasteiger partial charge >= 0.3 is 6.01 Å². The van der Waals surface area contributed by atoms with Crippen molar-refractivity contribution >= 4 is 27.5 Å². The van der Waals surface area contributed by atoms with Crippen molar-refractivity contribution in [1.29, 1.82) is 0 Å². The minimum absolute atomic E-state index is 0.0122. The molecule has 9 heteroatoms. The zero-order valence-corrected chi connectivity index (χ0v) is 19.9. The Morgan fingerprint density at radius 2 is 2.03 bits per heavy atom. The van der Waals surface area contributed by atoms with Crippen molar-refractivity contribution in [3.8, 4) is 23.0 Å². The number of phenolic OH excluding ortho intramolecular Hbond substituents is 1. The molecule has 2 aromatic carbocycles. The molecular weight excluding hydrogens is 466 g/mol. The van der Waals surface area contributed by atoms with E-state index in [2.05, 4.69) is 19.9 Å². The van der Waals surface area contributed by atoms with Crippen LogP contribution >= 0.6 is 0 Å². The van der Waals surface area contributed by atoms with Crippen molar-refractivity contribution in [3.63, 3.8) is 0 Å². The van der Waals surface area contributed by atoms with Gasteiger partial charge in [-0.1, -0.05) is 6.07 Å². The van der Waals surface area contributed by atoms with E-state index in [1.54, 1.807) is 18.3 Å². The molecule has 0 saturated carbocycles. The second kappa shape index (κ2) is 9.13. The monoisotopic (exact) mass is 492 g/mol. The highest BCUT2D eigenvalue weighted by Gasteiger charge is 2.26. The summed E-state index contributed by atoms with van der Waals surface area (Å²) in [4.78, 5) is 15.5. The molecule has 6 bridgehead atoms. The Hall–Kier alpha value is -3.59. The van der Waals surface area contributed by atoms with Gasteiger partial charge in [-0.3, -0.25) is 4.98 Å². The smallest absolute Gasteiger partial charge is 0.318 e. The molecule has 186 valence electrons. The number of benzene rings is 2. The van der Waals surface area contributed by atoms with Crippen LogP contribution in [-0.2, 0) is 11.2 Å². The average Bonchev–Trinajstić information content (AvgIpc) is 3.12. The van der Waals surface area contributed by atoms with Gasteiger partial charge in [-0.15, -0.1) is 0 Å². The van der Waals surface area contributed by atoms with Gasteiger partial charge < -0.3 is 19.5 Å². The van der Waals surface area contributed by atoms with E-state index < -0.39 is 5.82 Å². The molecule has 0 aliphatic carbocycles. The van der Waals surface area contributed by atoms with Crippen LogP contribution < -0.4 is 9.64 Å². The van der Waals surface area contributed by atoms with Crippen molar-refractivity contribution in [1.82, 2.24) is 15.0 Å². The number of hydrogen-bond acceptors (Lipinski definition) is 7. The summed E-state index contributed by atoms with van der Waals surface area (Å²) in [6.45, 7) is 1.81. The van der Waals surface area contributed by atoms with Gasteiger partial charge in [0, 0.05) is 31.5 Å². The third-order valence-electron chi connectivity index (χ3n) is 7.09. The van der Waals surface area contributed by atoms with Crippen LogP contribution in [0.5, 0.6) is 11.8 Å². The maximum Gasteiger partial charge on any atom is 0.318 e. The average molecular weight is 493 g/mol. The van der Waals surface area contributed by atoms with Crippen molar-refractivity contribution in [2.75, 3.05) is 31.7 Å². The first-order chi connectivity index (χ1) is 17.5. The van der Waals surface area contributed by atoms with Gasteiger partial charge in [0.1, 0.15) is 28.6 Å². The Kier molecular flexibility index (Phi) is 5.79. The molecule has 2 aromatic heterocycles. The minimum Gasteiger partial charge on any atom is -0.508 e. The quantitative estimate of drug-likeness (QED) is 0.393. The molecule has 0 radical (unpaired) electrons. The highest BCUT2D eigenvalue weighted by Crippen LogP contribution is 2.39. The minimum atomic E-state index is -0.672. The normalized spacial score (nSPS) is 18.3. The summed E-state index contributed by atoms with van der Waals surface area (Å²) in [5.74, 6) is -0.566. The molecule has 1 N–H and O–H groups in total. The molecule has 1 saturated heterocycles. The Balaban J connectivity index is 1.68. The van der Waals surface area contributed by atoms with Gasteiger partial charge in [0.2, 0.25) is 0 Å². The van der Waals surface area contributed by atoms with Gasteiger partial charge in [-0.2, -0.15) is 9.97 Å². The lowest BCUT2D eigenvalue weighted by molar-refractivity contribution is 0.0526. The number of aryl methyl sites for hydroxylation is 1. The van der Waals surface area contributed by atoms with Crippen molar-refractivity contribution in [2.24, 2.45) is 0 Å². The van der Waals surface area contributed by atoms with E-state index in [0.717, 1.165) is 25.8 Å². The van der Waals surface area contributed by atoms with Gasteiger partial charge in [0.15, 0.2) is 5.82 Å². The van der Waals surface area contributed by atoms with E-state index in [1.807, 2.05) is 0 Å². The van der Waals surface area contributed by atoms with Crippen LogP contribution in [0.1, 0.15) is 31.2 Å². The third-order valence-corrected chi connectivity index (χ3v) is 7.09. The Morgan fingerprint density at radius 3 is 2.89 bits per heavy atom. The third kappa shape index (κ3) is 3.87. The number of fused-ring (bicyclic) bond motifs is 4. The number of aromatic hydroxyl groups is 1. The topological polar surface area (TPSA) is 80.6 Å². The molecule has 0 amide bonds. The molecule has 1 fully saturated rings. The van der Waals surface area contributed by atoms with E-state index in [1.165, 1.54) is 19.2 Å². The standard InChI is InChI=1S/C27H26F2N4O3/c1-35-27-31-25-20-13-30-24(23(25)29)19-12-16(34)11-15-7-8-21(28)18(22(15)19)6-4-10-36-17-5-2-3-9-33(14-17)26(20)32-27/h7-8,11-13,17,34H,2-6,9-10,14H2,1H3. The van der Waals surface area contributed by atoms with Crippen molar-refractivity contribution in [3.05, 3.63) is 47.7 Å². The number of nitrogens with zero attached hydrogens (tertiary/aromatic N) is 4. The van der Waals surface area contributed by atoms with Crippen LogP contribution in [-0.4, -0.2) is 53.0 Å². The number of rotatable bonds is 1. The summed E-state index contributed by atoms with van der Waals surface area (Å²) in [5, 5.41) is 12.0. The predicted octanol–water partition coefficient (Wildman–Crippen LogP) is 5.16. The molecule has 3 aliphatic rings. The molecule has 7 nitrogen and oxygen atoms in total. The SMILES string of the molecule is COc1nc2c3cnc(c(F)c3n1)-c1cc(O)cc3ccc(F)c(c13)CCCOC1CCCCN2C1. The van der Waals surface area contributed by atoms with Gasteiger partial charge in [0.05, 0.1) is 18.6 Å². The maximum atomic E-state index is 16.2. The van der Waals surface area contributed by atoms with E-state index >= 15 is 8.78 Å². The Labute approximate surface area is 206 Å². The fraction of sp³-hybridized carbons (Fsp3) is 0.370. The van der Waals surface area contributed by atoms with E-state index in [-0.39, 0.29) is 34.9 Å². The lowest BCUT2D eigenvalue weighted by Gasteiger charge is -2.26. The summed E-state index contributed by atoms with van der Waals surface area (Å²) in [5.41, 5.74) is 0.810. The number of phenols is 1. The first kappa shape index (κ1) is 22.8. The first-order valence-electron chi connectivity index (χ1n) is 12.2. The van der Waals surface area contributed by atoms with Gasteiger partial charge in [-0.25, -0.2) is 8.78 Å². The molecule has 1 atom stereocenters. The zero-order valence-electron chi connectivity index (χ0n) is 19.9. The molecule has 5 heterocycles. The molecule has 36 heavy (non-hydrogen) atoms. The summed E-state index contributed by atoms with van der Waals surface area (Å²) in [6.07, 6.45) is 5.38. The Bertz CT molecular complexity index is 1480. The van der Waals surface area contributed by atoms with E-state index in [0.29, 0.717) is 59.1 Å². The molecule has 1 unspecified atom stereocenters. The highest BCUT2D eigenvalue weighted by atomic mass is 19.1. The summed E-state index contributed by atoms with van der Waals surface area (Å²) >= 11 is 0. The lowest BCUT2D eigenvalue weighted by atomic mass is 9.93. The number of halogens is 2. The number of aromatic nitrogens is 3. The van der Waals surface area contributed by atoms with Crippen LogP contribution in [0, 0.1) is 11.6 Å². The zero-order chi connectivity index (χ0) is 24.8. The largest absolute Gasteiger partial charge is 0.508 e. The predicted molar refractivity (Wildman–Crippen MR) is 133 cm³/mol. The van der Waals surface area contributed by atoms with E-state index in [9.17, 15) is 5.11 Å². The summed E-state index contributed by atoms with van der Waals surface area (Å²) in [7, 11) is 1.44. The molecule has 4 aromatic rings. The summed E-state index contributed by atoms with van der Waals surface area (Å²) in [6, 6.07) is 6.00. The van der Waals surface area contributed by atoms with Crippen LogP contribution in [0.3, 0.4) is 0 Å². The van der Waals surface area contributed by atoms with Crippen molar-refractivity contribution in [2.45, 2.75) is 38.2 Å². The number of anilines is 1. The number of hydrogen-bond donors (Lipinski definition) is 1. The second-order valence-corrected chi connectivity index (χ2v) is 9.37. The summed E-state index contributed by atoms with van der Waals surface area (Å²) < 4.78 is 43.0. The van der Waals surface area contributed by atoms with Gasteiger partial charge in [-0.05, 0) is 66.6 Å². The molecular formula is C27H26F2N4O3. The Morgan fingerprint density at radius 1 is 1.14 bits per heavy atom. The van der Waals surface area contributed by atoms with Gasteiger partial charge in [0.25, 0.3) is 0 Å². The van der Waals surface area contributed by atoms with Crippen molar-refractivity contribution < 1.29 is 23.4 Å². The molecule has 7 rings (SSSR count). The lowest BCUT2D eigenvalue weighted by Crippen LogP contribution is -2.33. The van der Waals surface area contributed by atoms with Crippen LogP contribution in [0.2, 0.25) is 0 Å². The van der Waals surface area contributed by atoms with Crippen LogP contribution in [0.25, 0.3) is 32.9 Å². The van der Waals surface area contributed by atoms with E-state index in [4.69, 9.17) is 9.47 Å². The first-order valence-corrected chi connectivity index (χ1v) is 12.2. The number of pyridine rings is 1. The second-order valence-electron chi connectivity index (χ2n) is 9.37. The maximum absolute atomic E-state index is 16.2. The molecule has 3 aliphatic heterocycles.